The van der Waals surface area contributed by atoms with Crippen molar-refractivity contribution < 1.29 is 4.74 Å². The summed E-state index contributed by atoms with van der Waals surface area (Å²) < 4.78 is 9.61. The van der Waals surface area contributed by atoms with Crippen molar-refractivity contribution in [2.45, 2.75) is 12.6 Å². The topological polar surface area (TPSA) is 85.4 Å². The largest absolute Gasteiger partial charge is 0.370 e. The Balaban J connectivity index is 0.00000240. The molecule has 1 aliphatic heterocycles. The average Bonchev–Trinajstić information content (AvgIpc) is 3.41. The van der Waals surface area contributed by atoms with Crippen molar-refractivity contribution in [3.63, 3.8) is 0 Å². The second-order valence-corrected chi connectivity index (χ2v) is 6.65. The van der Waals surface area contributed by atoms with Crippen molar-refractivity contribution in [1.82, 2.24) is 34.5 Å². The van der Waals surface area contributed by atoms with Crippen LogP contribution in [0.4, 0.5) is 0 Å². The van der Waals surface area contributed by atoms with Gasteiger partial charge in [-0.1, -0.05) is 0 Å². The van der Waals surface area contributed by atoms with Crippen LogP contribution in [-0.4, -0.2) is 61.9 Å². The molecule has 0 spiro atoms. The monoisotopic (exact) mass is 508 g/mol. The number of nitrogens with one attached hydrogen (secondary N) is 1. The van der Waals surface area contributed by atoms with E-state index in [1.54, 1.807) is 24.3 Å². The highest BCUT2D eigenvalue weighted by Gasteiger charge is 2.25. The summed E-state index contributed by atoms with van der Waals surface area (Å²) in [5, 5.41) is 7.70. The molecule has 10 heteroatoms. The predicted molar refractivity (Wildman–Crippen MR) is 120 cm³/mol. The minimum atomic E-state index is -0.00484. The summed E-state index contributed by atoms with van der Waals surface area (Å²) in [6.07, 6.45) is 11.0. The fraction of sp³-hybridized carbons (Fsp3) is 0.368. The van der Waals surface area contributed by atoms with Crippen molar-refractivity contribution in [3.05, 3.63) is 60.6 Å². The number of imidazole rings is 1. The molecule has 3 aromatic heterocycles. The first-order valence-electron chi connectivity index (χ1n) is 9.22. The molecule has 1 unspecified atom stereocenters. The number of ether oxygens (including phenoxy) is 1. The number of aryl methyl sites for hydroxylation is 1. The van der Waals surface area contributed by atoms with Gasteiger partial charge in [-0.15, -0.1) is 24.0 Å². The molecule has 154 valence electrons. The van der Waals surface area contributed by atoms with E-state index in [0.717, 1.165) is 36.0 Å². The number of hydrogen-bond acceptors (Lipinski definition) is 5. The zero-order chi connectivity index (χ0) is 19.3. The summed E-state index contributed by atoms with van der Waals surface area (Å²) in [6, 6.07) is 4.04. The molecule has 0 aromatic carbocycles. The summed E-state index contributed by atoms with van der Waals surface area (Å²) in [5.74, 6) is 1.70. The van der Waals surface area contributed by atoms with Crippen molar-refractivity contribution in [2.75, 3.05) is 26.7 Å². The van der Waals surface area contributed by atoms with Crippen LogP contribution in [0.1, 0.15) is 17.2 Å². The highest BCUT2D eigenvalue weighted by Crippen LogP contribution is 2.21. The Hall–Kier alpha value is -2.47. The summed E-state index contributed by atoms with van der Waals surface area (Å²) in [5.41, 5.74) is 2.21. The van der Waals surface area contributed by atoms with Gasteiger partial charge in [0, 0.05) is 57.5 Å². The van der Waals surface area contributed by atoms with Crippen LogP contribution in [-0.2, 0) is 18.3 Å². The van der Waals surface area contributed by atoms with E-state index in [1.807, 2.05) is 48.5 Å². The predicted octanol–water partition coefficient (Wildman–Crippen LogP) is 1.77. The molecule has 1 aliphatic rings. The molecule has 29 heavy (non-hydrogen) atoms. The van der Waals surface area contributed by atoms with Gasteiger partial charge in [0.25, 0.3) is 0 Å². The molecule has 0 amide bonds. The van der Waals surface area contributed by atoms with Crippen molar-refractivity contribution in [3.8, 4) is 5.82 Å². The van der Waals surface area contributed by atoms with Gasteiger partial charge in [0.05, 0.1) is 19.3 Å². The van der Waals surface area contributed by atoms with Gasteiger partial charge in [0.15, 0.2) is 5.96 Å². The molecule has 0 saturated carbocycles. The molecule has 0 radical (unpaired) electrons. The fourth-order valence-electron chi connectivity index (χ4n) is 3.27. The number of pyridine rings is 1. The van der Waals surface area contributed by atoms with Crippen molar-refractivity contribution in [2.24, 2.45) is 12.0 Å². The van der Waals surface area contributed by atoms with Gasteiger partial charge in [0.2, 0.25) is 0 Å². The third kappa shape index (κ3) is 5.12. The second-order valence-electron chi connectivity index (χ2n) is 6.65. The Bertz CT molecular complexity index is 939. The lowest BCUT2D eigenvalue weighted by Crippen LogP contribution is -2.47. The minimum Gasteiger partial charge on any atom is -0.370 e. The Morgan fingerprint density at radius 1 is 1.38 bits per heavy atom. The summed E-state index contributed by atoms with van der Waals surface area (Å²) in [7, 11) is 3.72. The quantitative estimate of drug-likeness (QED) is 0.329. The maximum atomic E-state index is 5.93. The van der Waals surface area contributed by atoms with Gasteiger partial charge in [-0.2, -0.15) is 5.10 Å². The van der Waals surface area contributed by atoms with E-state index in [2.05, 4.69) is 30.3 Å². The lowest BCUT2D eigenvalue weighted by Gasteiger charge is -2.34. The van der Waals surface area contributed by atoms with Crippen LogP contribution < -0.4 is 5.32 Å². The Morgan fingerprint density at radius 2 is 2.28 bits per heavy atom. The maximum Gasteiger partial charge on any atom is 0.194 e. The number of rotatable bonds is 4. The van der Waals surface area contributed by atoms with Crippen LogP contribution in [0.3, 0.4) is 0 Å². The Labute approximate surface area is 186 Å². The van der Waals surface area contributed by atoms with E-state index in [-0.39, 0.29) is 30.1 Å². The van der Waals surface area contributed by atoms with E-state index < -0.39 is 0 Å². The molecular weight excluding hydrogens is 483 g/mol. The molecule has 1 saturated heterocycles. The molecule has 4 rings (SSSR count). The van der Waals surface area contributed by atoms with Gasteiger partial charge in [-0.05, 0) is 17.7 Å². The zero-order valence-electron chi connectivity index (χ0n) is 16.5. The van der Waals surface area contributed by atoms with Crippen molar-refractivity contribution in [1.29, 1.82) is 0 Å². The van der Waals surface area contributed by atoms with E-state index >= 15 is 0 Å². The van der Waals surface area contributed by atoms with E-state index in [9.17, 15) is 0 Å². The number of hydrogen-bond donors (Lipinski definition) is 1. The zero-order valence-corrected chi connectivity index (χ0v) is 18.8. The third-order valence-electron chi connectivity index (χ3n) is 4.70. The minimum absolute atomic E-state index is 0. The van der Waals surface area contributed by atoms with Crippen LogP contribution in [0.15, 0.2) is 54.4 Å². The Morgan fingerprint density at radius 3 is 3.00 bits per heavy atom. The number of nitrogens with zero attached hydrogens (tertiary/aromatic N) is 7. The molecule has 9 nitrogen and oxygen atoms in total. The van der Waals surface area contributed by atoms with Crippen LogP contribution in [0.25, 0.3) is 5.82 Å². The third-order valence-corrected chi connectivity index (χ3v) is 4.70. The van der Waals surface area contributed by atoms with Gasteiger partial charge < -0.3 is 15.0 Å². The highest BCUT2D eigenvalue weighted by atomic mass is 127. The van der Waals surface area contributed by atoms with Gasteiger partial charge in [0.1, 0.15) is 18.2 Å². The smallest absolute Gasteiger partial charge is 0.194 e. The molecular formula is C19H25IN8O. The molecule has 0 bridgehead atoms. The standard InChI is InChI=1S/C19H24N8O.HI/c1-20-19(26-7-8-28-17(13-26)16-11-24-25(2)12-16)23-10-15-3-4-22-18(9-15)27-6-5-21-14-27;/h3-6,9,11-12,14,17H,7-8,10,13H2,1-2H3,(H,20,23);1H. The number of halogens is 1. The molecule has 0 aliphatic carbocycles. The van der Waals surface area contributed by atoms with Crippen LogP contribution in [0.2, 0.25) is 0 Å². The molecule has 1 atom stereocenters. The number of morpholine rings is 1. The first kappa shape index (κ1) is 21.2. The first-order valence-corrected chi connectivity index (χ1v) is 9.22. The van der Waals surface area contributed by atoms with E-state index in [1.165, 1.54) is 0 Å². The fourth-order valence-corrected chi connectivity index (χ4v) is 3.27. The summed E-state index contributed by atoms with van der Waals surface area (Å²) >= 11 is 0. The normalized spacial score (nSPS) is 17.1. The SMILES string of the molecule is CN=C(NCc1ccnc(-n2ccnc2)c1)N1CCOC(c2cnn(C)c2)C1.I. The number of aromatic nitrogens is 5. The molecule has 3 aromatic rings. The van der Waals surface area contributed by atoms with Gasteiger partial charge in [-0.3, -0.25) is 14.2 Å². The van der Waals surface area contributed by atoms with Gasteiger partial charge >= 0.3 is 0 Å². The molecule has 1 N–H and O–H groups in total. The Kier molecular flexibility index (Phi) is 7.20. The van der Waals surface area contributed by atoms with Gasteiger partial charge in [-0.25, -0.2) is 9.97 Å². The van der Waals surface area contributed by atoms with E-state index in [0.29, 0.717) is 13.2 Å². The van der Waals surface area contributed by atoms with Crippen LogP contribution >= 0.6 is 24.0 Å². The molecule has 4 heterocycles. The second kappa shape index (κ2) is 9.83. The lowest BCUT2D eigenvalue weighted by atomic mass is 10.1. The van der Waals surface area contributed by atoms with Crippen molar-refractivity contribution >= 4 is 29.9 Å². The van der Waals surface area contributed by atoms with Crippen LogP contribution in [0, 0.1) is 0 Å². The first-order chi connectivity index (χ1) is 13.7. The average molecular weight is 508 g/mol. The number of aliphatic imine (C=N–C) groups is 1. The van der Waals surface area contributed by atoms with E-state index in [4.69, 9.17) is 4.74 Å². The summed E-state index contributed by atoms with van der Waals surface area (Å²) in [4.78, 5) is 15.1. The number of guanidine groups is 1. The van der Waals surface area contributed by atoms with Crippen LogP contribution in [0.5, 0.6) is 0 Å². The highest BCUT2D eigenvalue weighted by molar-refractivity contribution is 14.0. The maximum absolute atomic E-state index is 5.93. The lowest BCUT2D eigenvalue weighted by molar-refractivity contribution is -0.00805. The molecule has 1 fully saturated rings. The summed E-state index contributed by atoms with van der Waals surface area (Å²) in [6.45, 7) is 2.85.